The molecule has 0 radical (unpaired) electrons. The second-order valence-corrected chi connectivity index (χ2v) is 6.65. The quantitative estimate of drug-likeness (QED) is 0.846. The zero-order chi connectivity index (χ0) is 12.5. The molecule has 1 aromatic heterocycles. The molecule has 2 nitrogen and oxygen atoms in total. The molecule has 0 saturated heterocycles. The Morgan fingerprint density at radius 2 is 2.11 bits per heavy atom. The lowest BCUT2D eigenvalue weighted by molar-refractivity contribution is 0.640. The molecule has 0 bridgehead atoms. The summed E-state index contributed by atoms with van der Waals surface area (Å²) in [6.45, 7) is 0.762. The third kappa shape index (κ3) is 2.40. The monoisotopic (exact) mass is 321 g/mol. The van der Waals surface area contributed by atoms with Gasteiger partial charge in [-0.05, 0) is 40.0 Å². The Hall–Kier alpha value is -1.00. The molecule has 1 unspecified atom stereocenters. The van der Waals surface area contributed by atoms with Gasteiger partial charge < -0.3 is 4.57 Å². The molecule has 2 aromatic rings. The number of aromatic nitrogens is 1. The largest absolute Gasteiger partial charge is 0.313 e. The molecular weight excluding hydrogens is 310 g/mol. The molecule has 18 heavy (non-hydrogen) atoms. The summed E-state index contributed by atoms with van der Waals surface area (Å²) >= 11 is 5.28. The fourth-order valence-electron chi connectivity index (χ4n) is 2.22. The molecule has 0 N–H and O–H groups in total. The lowest BCUT2D eigenvalue weighted by Crippen LogP contribution is -2.23. The summed E-state index contributed by atoms with van der Waals surface area (Å²) in [5.41, 5.74) is 1.46. The van der Waals surface area contributed by atoms with E-state index < -0.39 is 0 Å². The average Bonchev–Trinajstić information content (AvgIpc) is 2.76. The predicted octanol–water partition coefficient (Wildman–Crippen LogP) is 3.33. The summed E-state index contributed by atoms with van der Waals surface area (Å²) in [7, 11) is 0. The molecule has 1 aliphatic heterocycles. The number of thioether (sulfide) groups is 1. The molecule has 2 heterocycles. The normalized spacial score (nSPS) is 17.7. The number of benzene rings is 1. The van der Waals surface area contributed by atoms with Crippen LogP contribution in [0.1, 0.15) is 5.56 Å². The van der Waals surface area contributed by atoms with Gasteiger partial charge in [0.1, 0.15) is 0 Å². The zero-order valence-corrected chi connectivity index (χ0v) is 12.1. The predicted molar refractivity (Wildman–Crippen MR) is 78.2 cm³/mol. The maximum absolute atomic E-state index is 11.8. The van der Waals surface area contributed by atoms with Crippen LogP contribution in [0.25, 0.3) is 0 Å². The lowest BCUT2D eigenvalue weighted by atomic mass is 10.1. The van der Waals surface area contributed by atoms with Gasteiger partial charge in [-0.3, -0.25) is 4.79 Å². The van der Waals surface area contributed by atoms with E-state index in [0.29, 0.717) is 5.25 Å². The standard InChI is InChI=1S/C14H12BrNOS/c15-11-5-6-14(17)16(8-11)9-12-7-10-3-1-2-4-13(10)18-12/h1-6,8,12H,7,9H2. The zero-order valence-electron chi connectivity index (χ0n) is 9.67. The van der Waals surface area contributed by atoms with Gasteiger partial charge in [-0.2, -0.15) is 0 Å². The first-order valence-electron chi connectivity index (χ1n) is 5.83. The van der Waals surface area contributed by atoms with Crippen LogP contribution in [0.3, 0.4) is 0 Å². The van der Waals surface area contributed by atoms with Crippen molar-refractivity contribution in [2.75, 3.05) is 0 Å². The highest BCUT2D eigenvalue weighted by Gasteiger charge is 2.22. The van der Waals surface area contributed by atoms with Gasteiger partial charge in [-0.15, -0.1) is 11.8 Å². The third-order valence-electron chi connectivity index (χ3n) is 3.06. The SMILES string of the molecule is O=c1ccc(Br)cn1CC1Cc2ccccc2S1. The Bertz CT molecular complexity index is 613. The molecule has 0 amide bonds. The van der Waals surface area contributed by atoms with Crippen molar-refractivity contribution in [1.82, 2.24) is 4.57 Å². The highest BCUT2D eigenvalue weighted by molar-refractivity contribution is 9.10. The molecule has 0 aliphatic carbocycles. The minimum absolute atomic E-state index is 0.0646. The van der Waals surface area contributed by atoms with Gasteiger partial charge in [0.2, 0.25) is 0 Å². The van der Waals surface area contributed by atoms with Crippen molar-refractivity contribution < 1.29 is 0 Å². The van der Waals surface area contributed by atoms with E-state index in [2.05, 4.69) is 40.2 Å². The second-order valence-electron chi connectivity index (χ2n) is 4.39. The summed E-state index contributed by atoms with van der Waals surface area (Å²) < 4.78 is 2.73. The van der Waals surface area contributed by atoms with Gasteiger partial charge in [0.05, 0.1) is 0 Å². The van der Waals surface area contributed by atoms with Crippen molar-refractivity contribution in [3.63, 3.8) is 0 Å². The van der Waals surface area contributed by atoms with E-state index in [1.54, 1.807) is 16.7 Å². The first-order chi connectivity index (χ1) is 8.72. The van der Waals surface area contributed by atoms with Gasteiger partial charge in [0.25, 0.3) is 5.56 Å². The highest BCUT2D eigenvalue weighted by atomic mass is 79.9. The van der Waals surface area contributed by atoms with Crippen molar-refractivity contribution in [2.24, 2.45) is 0 Å². The van der Waals surface area contributed by atoms with Crippen LogP contribution in [-0.2, 0) is 13.0 Å². The smallest absolute Gasteiger partial charge is 0.250 e. The first-order valence-corrected chi connectivity index (χ1v) is 7.50. The van der Waals surface area contributed by atoms with Crippen molar-refractivity contribution in [3.8, 4) is 0 Å². The summed E-state index contributed by atoms with van der Waals surface area (Å²) in [6.07, 6.45) is 2.91. The number of fused-ring (bicyclic) bond motifs is 1. The summed E-state index contributed by atoms with van der Waals surface area (Å²) in [6, 6.07) is 11.9. The second kappa shape index (κ2) is 4.94. The van der Waals surface area contributed by atoms with Crippen LogP contribution in [0.4, 0.5) is 0 Å². The highest BCUT2D eigenvalue weighted by Crippen LogP contribution is 2.37. The number of pyridine rings is 1. The number of halogens is 1. The topological polar surface area (TPSA) is 22.0 Å². The fourth-order valence-corrected chi connectivity index (χ4v) is 3.92. The van der Waals surface area contributed by atoms with Gasteiger partial charge in [-0.25, -0.2) is 0 Å². The van der Waals surface area contributed by atoms with Crippen molar-refractivity contribution in [1.29, 1.82) is 0 Å². The lowest BCUT2D eigenvalue weighted by Gasteiger charge is -2.11. The Labute approximate surface area is 118 Å². The average molecular weight is 322 g/mol. The number of rotatable bonds is 2. The Kier molecular flexibility index (Phi) is 3.31. The Morgan fingerprint density at radius 1 is 1.28 bits per heavy atom. The summed E-state index contributed by atoms with van der Waals surface area (Å²) in [4.78, 5) is 13.1. The third-order valence-corrected chi connectivity index (χ3v) is 4.83. The van der Waals surface area contributed by atoms with E-state index in [1.165, 1.54) is 10.5 Å². The summed E-state index contributed by atoms with van der Waals surface area (Å²) in [5.74, 6) is 0. The van der Waals surface area contributed by atoms with Crippen LogP contribution >= 0.6 is 27.7 Å². The molecule has 0 spiro atoms. The molecule has 4 heteroatoms. The van der Waals surface area contributed by atoms with Crippen LogP contribution in [0, 0.1) is 0 Å². The van der Waals surface area contributed by atoms with Gasteiger partial charge >= 0.3 is 0 Å². The molecule has 92 valence electrons. The molecule has 0 fully saturated rings. The van der Waals surface area contributed by atoms with Crippen molar-refractivity contribution in [2.45, 2.75) is 23.1 Å². The summed E-state index contributed by atoms with van der Waals surface area (Å²) in [5, 5.41) is 0.453. The van der Waals surface area contributed by atoms with Gasteiger partial charge in [0, 0.05) is 33.4 Å². The van der Waals surface area contributed by atoms with Crippen LogP contribution in [0.2, 0.25) is 0 Å². The number of hydrogen-bond acceptors (Lipinski definition) is 2. The van der Waals surface area contributed by atoms with E-state index in [0.717, 1.165) is 17.4 Å². The van der Waals surface area contributed by atoms with Crippen LogP contribution < -0.4 is 5.56 Å². The Balaban J connectivity index is 1.80. The maximum atomic E-state index is 11.8. The first kappa shape index (κ1) is 12.1. The van der Waals surface area contributed by atoms with Crippen LogP contribution in [0.15, 0.2) is 56.8 Å². The minimum Gasteiger partial charge on any atom is -0.313 e. The van der Waals surface area contributed by atoms with E-state index >= 15 is 0 Å². The molecular formula is C14H12BrNOS. The minimum atomic E-state index is 0.0646. The fraction of sp³-hybridized carbons (Fsp3) is 0.214. The van der Waals surface area contributed by atoms with E-state index in [4.69, 9.17) is 0 Å². The molecule has 1 aromatic carbocycles. The Morgan fingerprint density at radius 3 is 2.94 bits per heavy atom. The number of hydrogen-bond donors (Lipinski definition) is 0. The van der Waals surface area contributed by atoms with E-state index in [-0.39, 0.29) is 5.56 Å². The van der Waals surface area contributed by atoms with Gasteiger partial charge in [0.15, 0.2) is 0 Å². The van der Waals surface area contributed by atoms with Gasteiger partial charge in [-0.1, -0.05) is 18.2 Å². The van der Waals surface area contributed by atoms with Crippen molar-refractivity contribution >= 4 is 27.7 Å². The molecule has 1 aliphatic rings. The van der Waals surface area contributed by atoms with Crippen molar-refractivity contribution in [3.05, 3.63) is 63.0 Å². The molecule has 0 saturated carbocycles. The molecule has 1 atom stereocenters. The van der Waals surface area contributed by atoms with Crippen LogP contribution in [0.5, 0.6) is 0 Å². The van der Waals surface area contributed by atoms with E-state index in [1.807, 2.05) is 18.0 Å². The number of nitrogens with zero attached hydrogens (tertiary/aromatic N) is 1. The molecule has 3 rings (SSSR count). The van der Waals surface area contributed by atoms with E-state index in [9.17, 15) is 4.79 Å². The van der Waals surface area contributed by atoms with Crippen LogP contribution in [-0.4, -0.2) is 9.82 Å². The maximum Gasteiger partial charge on any atom is 0.250 e.